The number of esters is 1. The van der Waals surface area contributed by atoms with Crippen LogP contribution in [0.1, 0.15) is 89.7 Å². The number of amides is 2. The van der Waals surface area contributed by atoms with Crippen LogP contribution in [0.3, 0.4) is 0 Å². The molecule has 160 valence electrons. The van der Waals surface area contributed by atoms with E-state index >= 15 is 0 Å². The highest BCUT2D eigenvalue weighted by Gasteiger charge is 2.31. The second-order valence-electron chi connectivity index (χ2n) is 7.80. The summed E-state index contributed by atoms with van der Waals surface area (Å²) in [5, 5.41) is 5.51. The van der Waals surface area contributed by atoms with Crippen LogP contribution in [0.4, 0.5) is 4.79 Å². The average Bonchev–Trinajstić information content (AvgIpc) is 2.72. The Balaban J connectivity index is 1.72. The fourth-order valence-corrected chi connectivity index (χ4v) is 3.69. The van der Waals surface area contributed by atoms with Crippen LogP contribution in [0.2, 0.25) is 0 Å². The van der Waals surface area contributed by atoms with Crippen LogP contribution < -0.4 is 10.6 Å². The molecular weight excluding hydrogens is 364 g/mol. The van der Waals surface area contributed by atoms with E-state index in [1.54, 1.807) is 6.92 Å². The number of allylic oxidation sites excluding steroid dienone is 1. The number of benzene rings is 1. The van der Waals surface area contributed by atoms with E-state index in [2.05, 4.69) is 17.6 Å². The molecule has 0 aliphatic carbocycles. The van der Waals surface area contributed by atoms with Crippen molar-refractivity contribution in [1.82, 2.24) is 10.6 Å². The second kappa shape index (κ2) is 13.0. The standard InChI is InChI=1S/C24H36N2O3/c1-3-4-5-6-7-8-9-10-11-15-18-29-23(27)21-19(2)25-24(28)26-22(21)20-16-13-12-14-17-20/h12-14,16-17,22H,3-11,15,18H2,1-2H3,(H2,25,26,28)/t22-/m1/s1. The quantitative estimate of drug-likeness (QED) is 0.326. The highest BCUT2D eigenvalue weighted by atomic mass is 16.5. The van der Waals surface area contributed by atoms with Crippen molar-refractivity contribution < 1.29 is 14.3 Å². The van der Waals surface area contributed by atoms with E-state index in [-0.39, 0.29) is 12.0 Å². The molecule has 1 heterocycles. The van der Waals surface area contributed by atoms with Crippen LogP contribution in [0.5, 0.6) is 0 Å². The van der Waals surface area contributed by atoms with Crippen molar-refractivity contribution in [1.29, 1.82) is 0 Å². The zero-order valence-electron chi connectivity index (χ0n) is 18.0. The fraction of sp³-hybridized carbons (Fsp3) is 0.583. The molecule has 0 unspecified atom stereocenters. The van der Waals surface area contributed by atoms with Gasteiger partial charge in [0.05, 0.1) is 18.2 Å². The van der Waals surface area contributed by atoms with Gasteiger partial charge in [-0.25, -0.2) is 9.59 Å². The summed E-state index contributed by atoms with van der Waals surface area (Å²) in [4.78, 5) is 24.6. The zero-order valence-corrected chi connectivity index (χ0v) is 18.0. The van der Waals surface area contributed by atoms with Crippen molar-refractivity contribution in [3.8, 4) is 0 Å². The number of ether oxygens (including phenoxy) is 1. The van der Waals surface area contributed by atoms with Gasteiger partial charge in [-0.05, 0) is 18.9 Å². The van der Waals surface area contributed by atoms with E-state index in [1.807, 2.05) is 30.3 Å². The lowest BCUT2D eigenvalue weighted by Gasteiger charge is -2.28. The molecule has 0 fully saturated rings. The fourth-order valence-electron chi connectivity index (χ4n) is 3.69. The van der Waals surface area contributed by atoms with Gasteiger partial charge in [-0.1, -0.05) is 95.0 Å². The van der Waals surface area contributed by atoms with Gasteiger partial charge in [0.2, 0.25) is 0 Å². The molecule has 0 aromatic heterocycles. The van der Waals surface area contributed by atoms with Crippen LogP contribution in [0.15, 0.2) is 41.6 Å². The van der Waals surface area contributed by atoms with Crippen molar-refractivity contribution in [3.63, 3.8) is 0 Å². The minimum Gasteiger partial charge on any atom is -0.462 e. The van der Waals surface area contributed by atoms with Crippen LogP contribution in [-0.2, 0) is 9.53 Å². The molecule has 2 amide bonds. The first-order valence-corrected chi connectivity index (χ1v) is 11.1. The highest BCUT2D eigenvalue weighted by Crippen LogP contribution is 2.27. The number of hydrogen-bond donors (Lipinski definition) is 2. The molecule has 0 bridgehead atoms. The molecule has 1 aromatic carbocycles. The summed E-state index contributed by atoms with van der Waals surface area (Å²) in [5.74, 6) is -0.361. The average molecular weight is 401 g/mol. The lowest BCUT2D eigenvalue weighted by Crippen LogP contribution is -2.45. The Morgan fingerprint density at radius 3 is 2.14 bits per heavy atom. The lowest BCUT2D eigenvalue weighted by molar-refractivity contribution is -0.139. The Kier molecular flexibility index (Phi) is 10.3. The lowest BCUT2D eigenvalue weighted by atomic mass is 9.96. The zero-order chi connectivity index (χ0) is 20.9. The predicted molar refractivity (Wildman–Crippen MR) is 116 cm³/mol. The third kappa shape index (κ3) is 7.92. The van der Waals surface area contributed by atoms with Crippen molar-refractivity contribution in [3.05, 3.63) is 47.2 Å². The number of carbonyl (C=O) groups excluding carboxylic acids is 2. The molecule has 0 saturated heterocycles. The highest BCUT2D eigenvalue weighted by molar-refractivity contribution is 5.95. The molecule has 1 atom stereocenters. The van der Waals surface area contributed by atoms with Gasteiger partial charge in [0.1, 0.15) is 0 Å². The summed E-state index contributed by atoms with van der Waals surface area (Å²) in [6.07, 6.45) is 12.4. The van der Waals surface area contributed by atoms with Crippen LogP contribution in [0.25, 0.3) is 0 Å². The Hall–Kier alpha value is -2.30. The van der Waals surface area contributed by atoms with E-state index in [4.69, 9.17) is 4.74 Å². The van der Waals surface area contributed by atoms with Crippen LogP contribution in [-0.4, -0.2) is 18.6 Å². The van der Waals surface area contributed by atoms with Gasteiger partial charge >= 0.3 is 12.0 Å². The molecule has 1 aromatic rings. The molecule has 29 heavy (non-hydrogen) atoms. The third-order valence-corrected chi connectivity index (χ3v) is 5.35. The van der Waals surface area contributed by atoms with Crippen LogP contribution >= 0.6 is 0 Å². The van der Waals surface area contributed by atoms with Gasteiger partial charge in [0, 0.05) is 5.70 Å². The SMILES string of the molecule is CCCCCCCCCCCCOC(=O)C1=C(C)NC(=O)N[C@@H]1c1ccccc1. The van der Waals surface area contributed by atoms with Crippen molar-refractivity contribution in [2.45, 2.75) is 84.1 Å². The Morgan fingerprint density at radius 2 is 1.52 bits per heavy atom. The maximum Gasteiger partial charge on any atom is 0.338 e. The predicted octanol–water partition coefficient (Wildman–Crippen LogP) is 5.78. The summed E-state index contributed by atoms with van der Waals surface area (Å²) < 4.78 is 5.52. The molecule has 5 heteroatoms. The summed E-state index contributed by atoms with van der Waals surface area (Å²) in [6, 6.07) is 8.72. The second-order valence-corrected chi connectivity index (χ2v) is 7.80. The van der Waals surface area contributed by atoms with Gasteiger partial charge in [-0.15, -0.1) is 0 Å². The Bertz CT molecular complexity index is 670. The monoisotopic (exact) mass is 400 g/mol. The minimum absolute atomic E-state index is 0.303. The van der Waals surface area contributed by atoms with E-state index in [0.29, 0.717) is 17.9 Å². The van der Waals surface area contributed by atoms with E-state index in [1.165, 1.54) is 51.4 Å². The van der Waals surface area contributed by atoms with E-state index < -0.39 is 6.04 Å². The van der Waals surface area contributed by atoms with Crippen molar-refractivity contribution >= 4 is 12.0 Å². The Morgan fingerprint density at radius 1 is 0.931 bits per heavy atom. The largest absolute Gasteiger partial charge is 0.462 e. The number of unbranched alkanes of at least 4 members (excludes halogenated alkanes) is 9. The molecule has 2 rings (SSSR count). The molecule has 1 aliphatic rings. The first-order chi connectivity index (χ1) is 14.1. The van der Waals surface area contributed by atoms with Crippen molar-refractivity contribution in [2.24, 2.45) is 0 Å². The third-order valence-electron chi connectivity index (χ3n) is 5.35. The number of rotatable bonds is 13. The number of urea groups is 1. The number of carbonyl (C=O) groups is 2. The first kappa shape index (κ1) is 23.0. The summed E-state index contributed by atoms with van der Waals surface area (Å²) in [6.45, 7) is 4.40. The van der Waals surface area contributed by atoms with Gasteiger partial charge < -0.3 is 15.4 Å². The smallest absolute Gasteiger partial charge is 0.338 e. The van der Waals surface area contributed by atoms with Gasteiger partial charge in [-0.2, -0.15) is 0 Å². The molecule has 5 nitrogen and oxygen atoms in total. The maximum atomic E-state index is 12.7. The molecule has 0 radical (unpaired) electrons. The molecule has 0 spiro atoms. The maximum absolute atomic E-state index is 12.7. The van der Waals surface area contributed by atoms with Gasteiger partial charge in [-0.3, -0.25) is 0 Å². The van der Waals surface area contributed by atoms with Gasteiger partial charge in [0.15, 0.2) is 0 Å². The number of hydrogen-bond acceptors (Lipinski definition) is 3. The van der Waals surface area contributed by atoms with Gasteiger partial charge in [0.25, 0.3) is 0 Å². The minimum atomic E-state index is -0.481. The molecular formula is C24H36N2O3. The molecule has 0 saturated carbocycles. The molecule has 2 N–H and O–H groups in total. The first-order valence-electron chi connectivity index (χ1n) is 11.1. The van der Waals surface area contributed by atoms with Crippen LogP contribution in [0, 0.1) is 0 Å². The molecule has 1 aliphatic heterocycles. The van der Waals surface area contributed by atoms with Crippen molar-refractivity contribution in [2.75, 3.05) is 6.61 Å². The summed E-state index contributed by atoms with van der Waals surface area (Å²) in [5.41, 5.74) is 1.89. The van der Waals surface area contributed by atoms with E-state index in [0.717, 1.165) is 18.4 Å². The topological polar surface area (TPSA) is 67.4 Å². The summed E-state index contributed by atoms with van der Waals surface area (Å²) >= 11 is 0. The normalized spacial score (nSPS) is 16.3. The summed E-state index contributed by atoms with van der Waals surface area (Å²) in [7, 11) is 0. The van der Waals surface area contributed by atoms with E-state index in [9.17, 15) is 9.59 Å². The Labute approximate surface area is 175 Å². The number of nitrogens with one attached hydrogen (secondary N) is 2.